The lowest BCUT2D eigenvalue weighted by Gasteiger charge is -2.23. The Balaban J connectivity index is 1.77. The molecular weight excluding hydrogens is 324 g/mol. The number of nitrogens with one attached hydrogen (secondary N) is 2. The lowest BCUT2D eigenvalue weighted by atomic mass is 10.2. The number of alkyl halides is 2. The first-order valence-corrected chi connectivity index (χ1v) is 8.71. The maximum atomic E-state index is 12.3. The van der Waals surface area contributed by atoms with Gasteiger partial charge >= 0.3 is 0 Å². The van der Waals surface area contributed by atoms with Crippen LogP contribution in [0, 0.1) is 0 Å². The smallest absolute Gasteiger partial charge is 0.288 e. The molecule has 22 heavy (non-hydrogen) atoms. The van der Waals surface area contributed by atoms with Gasteiger partial charge in [0.25, 0.3) is 5.76 Å². The predicted octanol–water partition coefficient (Wildman–Crippen LogP) is 3.77. The normalized spacial score (nSPS) is 18.6. The van der Waals surface area contributed by atoms with E-state index in [4.69, 9.17) is 12.2 Å². The first-order chi connectivity index (χ1) is 10.6. The molecule has 2 N–H and O–H groups in total. The topological polar surface area (TPSA) is 27.3 Å². The van der Waals surface area contributed by atoms with Crippen LogP contribution in [0.15, 0.2) is 29.2 Å². The number of nitrogens with zero attached hydrogens (tertiary/aromatic N) is 1. The Morgan fingerprint density at radius 2 is 2.14 bits per heavy atom. The second-order valence-electron chi connectivity index (χ2n) is 5.16. The fourth-order valence-corrected chi connectivity index (χ4v) is 3.35. The number of rotatable bonds is 6. The summed E-state index contributed by atoms with van der Waals surface area (Å²) >= 11 is 5.82. The average molecular weight is 345 g/mol. The van der Waals surface area contributed by atoms with Gasteiger partial charge in [0.05, 0.1) is 0 Å². The van der Waals surface area contributed by atoms with Crippen molar-refractivity contribution in [2.24, 2.45) is 0 Å². The summed E-state index contributed by atoms with van der Waals surface area (Å²) in [6, 6.07) is 7.38. The highest BCUT2D eigenvalue weighted by atomic mass is 32.2. The number of likely N-dealkylation sites (tertiary alicyclic amines) is 1. The van der Waals surface area contributed by atoms with E-state index in [1.807, 2.05) is 0 Å². The molecule has 1 aromatic rings. The second-order valence-corrected chi connectivity index (χ2v) is 6.63. The standard InChI is InChI=1S/C15H21F2N3S2/c1-2-20-9-3-4-12(20)10-18-15(21)19-11-5-7-13(8-6-11)22-14(16)17/h5-8,12,14H,2-4,9-10H2,1H3,(H2,18,19,21)/t12-/m0/s1. The molecule has 0 unspecified atom stereocenters. The first kappa shape index (κ1) is 17.4. The van der Waals surface area contributed by atoms with Gasteiger partial charge in [-0.2, -0.15) is 8.78 Å². The van der Waals surface area contributed by atoms with Crippen molar-refractivity contribution in [2.45, 2.75) is 36.5 Å². The van der Waals surface area contributed by atoms with E-state index >= 15 is 0 Å². The molecule has 7 heteroatoms. The number of hydrogen-bond donors (Lipinski definition) is 2. The summed E-state index contributed by atoms with van der Waals surface area (Å²) in [5.41, 5.74) is 0.801. The van der Waals surface area contributed by atoms with Crippen LogP contribution in [0.5, 0.6) is 0 Å². The number of anilines is 1. The molecule has 0 radical (unpaired) electrons. The van der Waals surface area contributed by atoms with E-state index in [0.29, 0.717) is 27.8 Å². The lowest BCUT2D eigenvalue weighted by molar-refractivity contribution is 0.252. The Kier molecular flexibility index (Phi) is 6.85. The van der Waals surface area contributed by atoms with Gasteiger partial charge < -0.3 is 10.6 Å². The van der Waals surface area contributed by atoms with E-state index < -0.39 is 5.76 Å². The van der Waals surface area contributed by atoms with Crippen LogP contribution < -0.4 is 10.6 Å². The van der Waals surface area contributed by atoms with E-state index in [2.05, 4.69) is 22.5 Å². The molecule has 1 heterocycles. The van der Waals surface area contributed by atoms with Crippen molar-refractivity contribution in [2.75, 3.05) is 25.0 Å². The zero-order valence-electron chi connectivity index (χ0n) is 12.5. The van der Waals surface area contributed by atoms with E-state index in [-0.39, 0.29) is 0 Å². The van der Waals surface area contributed by atoms with Gasteiger partial charge in [-0.15, -0.1) is 0 Å². The number of benzene rings is 1. The second kappa shape index (κ2) is 8.64. The fourth-order valence-electron chi connectivity index (χ4n) is 2.65. The van der Waals surface area contributed by atoms with Crippen LogP contribution in [0.3, 0.4) is 0 Å². The van der Waals surface area contributed by atoms with Gasteiger partial charge in [0.15, 0.2) is 5.11 Å². The van der Waals surface area contributed by atoms with Crippen LogP contribution in [0.4, 0.5) is 14.5 Å². The van der Waals surface area contributed by atoms with Crippen molar-refractivity contribution in [3.05, 3.63) is 24.3 Å². The molecule has 0 aliphatic carbocycles. The number of thioether (sulfide) groups is 1. The van der Waals surface area contributed by atoms with Gasteiger partial charge in [0, 0.05) is 23.2 Å². The molecule has 1 aromatic carbocycles. The molecule has 0 saturated carbocycles. The van der Waals surface area contributed by atoms with Crippen LogP contribution in [-0.4, -0.2) is 41.4 Å². The Hall–Kier alpha value is -0.920. The van der Waals surface area contributed by atoms with Gasteiger partial charge in [0.1, 0.15) is 0 Å². The highest BCUT2D eigenvalue weighted by molar-refractivity contribution is 7.99. The van der Waals surface area contributed by atoms with Crippen LogP contribution in [0.1, 0.15) is 19.8 Å². The fraction of sp³-hybridized carbons (Fsp3) is 0.533. The zero-order valence-corrected chi connectivity index (χ0v) is 14.2. The van der Waals surface area contributed by atoms with Crippen LogP contribution in [-0.2, 0) is 0 Å². The zero-order chi connectivity index (χ0) is 15.9. The number of hydrogen-bond acceptors (Lipinski definition) is 3. The molecule has 122 valence electrons. The summed E-state index contributed by atoms with van der Waals surface area (Å²) in [5, 5.41) is 6.89. The van der Waals surface area contributed by atoms with Gasteiger partial charge in [-0.3, -0.25) is 4.90 Å². The molecule has 1 saturated heterocycles. The van der Waals surface area contributed by atoms with Crippen molar-refractivity contribution < 1.29 is 8.78 Å². The highest BCUT2D eigenvalue weighted by Crippen LogP contribution is 2.26. The third-order valence-electron chi connectivity index (χ3n) is 3.74. The highest BCUT2D eigenvalue weighted by Gasteiger charge is 2.22. The van der Waals surface area contributed by atoms with Crippen molar-refractivity contribution >= 4 is 34.8 Å². The Labute approximate surface area is 139 Å². The van der Waals surface area contributed by atoms with Gasteiger partial charge in [-0.1, -0.05) is 18.7 Å². The van der Waals surface area contributed by atoms with E-state index in [1.165, 1.54) is 12.8 Å². The van der Waals surface area contributed by atoms with Gasteiger partial charge in [0.2, 0.25) is 0 Å². The first-order valence-electron chi connectivity index (χ1n) is 7.42. The summed E-state index contributed by atoms with van der Waals surface area (Å²) in [5.74, 6) is -2.39. The third-order valence-corrected chi connectivity index (χ3v) is 4.71. The minimum atomic E-state index is -2.39. The molecule has 1 atom stereocenters. The Bertz CT molecular complexity index is 482. The summed E-state index contributed by atoms with van der Waals surface area (Å²) in [4.78, 5) is 3.00. The van der Waals surface area contributed by atoms with Gasteiger partial charge in [-0.25, -0.2) is 0 Å². The molecule has 0 amide bonds. The van der Waals surface area contributed by atoms with Crippen LogP contribution in [0.25, 0.3) is 0 Å². The summed E-state index contributed by atoms with van der Waals surface area (Å²) in [6.45, 7) is 5.23. The largest absolute Gasteiger partial charge is 0.361 e. The molecule has 0 aromatic heterocycles. The summed E-state index contributed by atoms with van der Waals surface area (Å²) in [7, 11) is 0. The van der Waals surface area contributed by atoms with Crippen LogP contribution >= 0.6 is 24.0 Å². The van der Waals surface area contributed by atoms with E-state index in [1.54, 1.807) is 24.3 Å². The van der Waals surface area contributed by atoms with Crippen molar-refractivity contribution in [3.8, 4) is 0 Å². The van der Waals surface area contributed by atoms with E-state index in [0.717, 1.165) is 25.3 Å². The maximum absolute atomic E-state index is 12.3. The minimum Gasteiger partial charge on any atom is -0.361 e. The summed E-state index contributed by atoms with van der Waals surface area (Å²) < 4.78 is 24.5. The molecule has 0 spiro atoms. The molecule has 1 aliphatic rings. The maximum Gasteiger partial charge on any atom is 0.288 e. The number of thiocarbonyl (C=S) groups is 1. The minimum absolute atomic E-state index is 0.537. The monoisotopic (exact) mass is 345 g/mol. The molecule has 1 fully saturated rings. The molecule has 2 rings (SSSR count). The van der Waals surface area contributed by atoms with Crippen molar-refractivity contribution in [3.63, 3.8) is 0 Å². The number of halogens is 2. The van der Waals surface area contributed by atoms with Crippen molar-refractivity contribution in [1.29, 1.82) is 0 Å². The molecule has 1 aliphatic heterocycles. The Morgan fingerprint density at radius 3 is 2.77 bits per heavy atom. The van der Waals surface area contributed by atoms with Crippen LogP contribution in [0.2, 0.25) is 0 Å². The predicted molar refractivity (Wildman–Crippen MR) is 92.8 cm³/mol. The third kappa shape index (κ3) is 5.37. The molecule has 3 nitrogen and oxygen atoms in total. The molecular formula is C15H21F2N3S2. The van der Waals surface area contributed by atoms with E-state index in [9.17, 15) is 8.78 Å². The number of likely N-dealkylation sites (N-methyl/N-ethyl adjacent to an activating group) is 1. The van der Waals surface area contributed by atoms with Crippen molar-refractivity contribution in [1.82, 2.24) is 10.2 Å². The SMILES string of the molecule is CCN1CCC[C@H]1CNC(=S)Nc1ccc(SC(F)F)cc1. The summed E-state index contributed by atoms with van der Waals surface area (Å²) in [6.07, 6.45) is 2.44. The Morgan fingerprint density at radius 1 is 1.41 bits per heavy atom. The molecule has 0 bridgehead atoms. The average Bonchev–Trinajstić information content (AvgIpc) is 2.94. The quantitative estimate of drug-likeness (QED) is 0.605. The lowest BCUT2D eigenvalue weighted by Crippen LogP contribution is -2.41. The van der Waals surface area contributed by atoms with Gasteiger partial charge in [-0.05, 0) is 62.4 Å².